The molecule has 3 aromatic heterocycles. The third kappa shape index (κ3) is 3.99. The van der Waals surface area contributed by atoms with E-state index in [0.717, 1.165) is 18.7 Å². The molecule has 1 amide bonds. The molecule has 1 N–H and O–H groups in total. The van der Waals surface area contributed by atoms with E-state index in [1.165, 1.54) is 0 Å². The normalized spacial score (nSPS) is 10.9. The van der Waals surface area contributed by atoms with Crippen molar-refractivity contribution in [2.45, 2.75) is 13.0 Å². The van der Waals surface area contributed by atoms with Gasteiger partial charge in [0.1, 0.15) is 5.69 Å². The van der Waals surface area contributed by atoms with Crippen molar-refractivity contribution in [3.8, 4) is 17.1 Å². The number of nitrogens with zero attached hydrogens (tertiary/aromatic N) is 4. The summed E-state index contributed by atoms with van der Waals surface area (Å²) in [6.07, 6.45) is 7.77. The Bertz CT molecular complexity index is 1040. The van der Waals surface area contributed by atoms with Gasteiger partial charge in [0, 0.05) is 36.6 Å². The molecule has 4 aromatic rings. The van der Waals surface area contributed by atoms with Crippen LogP contribution in [0.5, 0.6) is 0 Å². The Morgan fingerprint density at radius 1 is 1.21 bits per heavy atom. The standard InChI is InChI=1S/C20H18ClN5O2/c21-15-4-6-16(7-5-15)26-18(19-3-1-12-28-19)13-17(24-26)20(27)23-8-2-10-25-11-9-22-14-25/h1,3-7,9,11-14H,2,8,10H2,(H,23,27). The molecule has 0 aliphatic heterocycles. The van der Waals surface area contributed by atoms with Gasteiger partial charge in [0.2, 0.25) is 0 Å². The van der Waals surface area contributed by atoms with E-state index < -0.39 is 0 Å². The van der Waals surface area contributed by atoms with Crippen molar-refractivity contribution in [3.63, 3.8) is 0 Å². The summed E-state index contributed by atoms with van der Waals surface area (Å²) in [6, 6.07) is 12.6. The minimum absolute atomic E-state index is 0.230. The number of amides is 1. The van der Waals surface area contributed by atoms with Crippen molar-refractivity contribution in [3.05, 3.63) is 78.2 Å². The average molecular weight is 396 g/mol. The van der Waals surface area contributed by atoms with Crippen LogP contribution in [0, 0.1) is 0 Å². The summed E-state index contributed by atoms with van der Waals surface area (Å²) in [6.45, 7) is 1.33. The van der Waals surface area contributed by atoms with Gasteiger partial charge in [-0.1, -0.05) is 11.6 Å². The van der Waals surface area contributed by atoms with Crippen molar-refractivity contribution in [1.29, 1.82) is 0 Å². The van der Waals surface area contributed by atoms with Crippen molar-refractivity contribution >= 4 is 17.5 Å². The number of hydrogen-bond acceptors (Lipinski definition) is 4. The van der Waals surface area contributed by atoms with Gasteiger partial charge in [-0.05, 0) is 42.8 Å². The Kier molecular flexibility index (Phi) is 5.25. The number of benzene rings is 1. The van der Waals surface area contributed by atoms with Crippen LogP contribution in [0.15, 0.2) is 71.9 Å². The lowest BCUT2D eigenvalue weighted by Gasteiger charge is -2.06. The summed E-state index contributed by atoms with van der Waals surface area (Å²) >= 11 is 5.98. The number of carbonyl (C=O) groups excluding carboxylic acids is 1. The van der Waals surface area contributed by atoms with E-state index in [1.54, 1.807) is 47.7 Å². The highest BCUT2D eigenvalue weighted by atomic mass is 35.5. The molecule has 1 aromatic carbocycles. The molecular formula is C20H18ClN5O2. The smallest absolute Gasteiger partial charge is 0.271 e. The summed E-state index contributed by atoms with van der Waals surface area (Å²) in [4.78, 5) is 16.6. The number of carbonyl (C=O) groups is 1. The fourth-order valence-corrected chi connectivity index (χ4v) is 2.97. The van der Waals surface area contributed by atoms with E-state index in [-0.39, 0.29) is 5.91 Å². The molecule has 142 valence electrons. The van der Waals surface area contributed by atoms with Crippen LogP contribution in [0.2, 0.25) is 5.02 Å². The second kappa shape index (κ2) is 8.14. The zero-order chi connectivity index (χ0) is 19.3. The van der Waals surface area contributed by atoms with Gasteiger partial charge >= 0.3 is 0 Å². The van der Waals surface area contributed by atoms with E-state index in [1.807, 2.05) is 29.0 Å². The van der Waals surface area contributed by atoms with Gasteiger partial charge in [-0.2, -0.15) is 5.10 Å². The molecule has 0 aliphatic rings. The maximum atomic E-state index is 12.6. The Labute approximate surface area is 166 Å². The number of halogens is 1. The Hall–Kier alpha value is -3.32. The van der Waals surface area contributed by atoms with Crippen molar-refractivity contribution in [1.82, 2.24) is 24.6 Å². The lowest BCUT2D eigenvalue weighted by molar-refractivity contribution is 0.0947. The maximum Gasteiger partial charge on any atom is 0.271 e. The van der Waals surface area contributed by atoms with Crippen LogP contribution in [0.3, 0.4) is 0 Å². The molecule has 7 nitrogen and oxygen atoms in total. The molecule has 0 saturated heterocycles. The van der Waals surface area contributed by atoms with E-state index in [4.69, 9.17) is 16.0 Å². The molecule has 0 radical (unpaired) electrons. The first-order valence-electron chi connectivity index (χ1n) is 8.84. The Balaban J connectivity index is 1.51. The lowest BCUT2D eigenvalue weighted by atomic mass is 10.2. The summed E-state index contributed by atoms with van der Waals surface area (Å²) in [5, 5.41) is 8.02. The summed E-state index contributed by atoms with van der Waals surface area (Å²) in [5.74, 6) is 0.396. The zero-order valence-electron chi connectivity index (χ0n) is 15.0. The number of hydrogen-bond donors (Lipinski definition) is 1. The van der Waals surface area contributed by atoms with Gasteiger partial charge in [0.25, 0.3) is 5.91 Å². The molecular weight excluding hydrogens is 378 g/mol. The predicted molar refractivity (Wildman–Crippen MR) is 105 cm³/mol. The van der Waals surface area contributed by atoms with E-state index in [0.29, 0.717) is 28.7 Å². The molecule has 0 aliphatic carbocycles. The van der Waals surface area contributed by atoms with Crippen LogP contribution in [0.25, 0.3) is 17.1 Å². The highest BCUT2D eigenvalue weighted by molar-refractivity contribution is 6.30. The predicted octanol–water partition coefficient (Wildman–Crippen LogP) is 3.80. The van der Waals surface area contributed by atoms with Gasteiger partial charge in [0.15, 0.2) is 11.5 Å². The fraction of sp³-hybridized carbons (Fsp3) is 0.150. The second-order valence-corrected chi connectivity index (χ2v) is 6.63. The van der Waals surface area contributed by atoms with E-state index in [9.17, 15) is 4.79 Å². The van der Waals surface area contributed by atoms with Gasteiger partial charge in [-0.25, -0.2) is 9.67 Å². The molecule has 0 atom stereocenters. The lowest BCUT2D eigenvalue weighted by Crippen LogP contribution is -2.25. The van der Waals surface area contributed by atoms with Gasteiger partial charge in [-0.15, -0.1) is 0 Å². The largest absolute Gasteiger partial charge is 0.463 e. The number of nitrogens with one attached hydrogen (secondary N) is 1. The van der Waals surface area contributed by atoms with Crippen LogP contribution >= 0.6 is 11.6 Å². The van der Waals surface area contributed by atoms with Crippen LogP contribution in [-0.2, 0) is 6.54 Å². The van der Waals surface area contributed by atoms with Gasteiger partial charge in [0.05, 0.1) is 18.3 Å². The van der Waals surface area contributed by atoms with Crippen LogP contribution in [0.4, 0.5) is 0 Å². The summed E-state index contributed by atoms with van der Waals surface area (Å²) in [7, 11) is 0. The second-order valence-electron chi connectivity index (χ2n) is 6.19. The minimum Gasteiger partial charge on any atom is -0.463 e. The van der Waals surface area contributed by atoms with Gasteiger partial charge < -0.3 is 14.3 Å². The highest BCUT2D eigenvalue weighted by Crippen LogP contribution is 2.25. The number of imidazole rings is 1. The van der Waals surface area contributed by atoms with Crippen molar-refractivity contribution < 1.29 is 9.21 Å². The van der Waals surface area contributed by atoms with Crippen molar-refractivity contribution in [2.75, 3.05) is 6.54 Å². The molecule has 4 rings (SSSR count). The van der Waals surface area contributed by atoms with Crippen LogP contribution < -0.4 is 5.32 Å². The molecule has 28 heavy (non-hydrogen) atoms. The topological polar surface area (TPSA) is 77.9 Å². The number of aryl methyl sites for hydroxylation is 1. The number of aromatic nitrogens is 4. The Morgan fingerprint density at radius 3 is 2.79 bits per heavy atom. The van der Waals surface area contributed by atoms with E-state index >= 15 is 0 Å². The van der Waals surface area contributed by atoms with Crippen LogP contribution in [-0.4, -0.2) is 31.8 Å². The number of furan rings is 1. The number of rotatable bonds is 7. The molecule has 3 heterocycles. The first-order chi connectivity index (χ1) is 13.7. The average Bonchev–Trinajstić information content (AvgIpc) is 3.47. The highest BCUT2D eigenvalue weighted by Gasteiger charge is 2.18. The van der Waals surface area contributed by atoms with Gasteiger partial charge in [-0.3, -0.25) is 4.79 Å². The minimum atomic E-state index is -0.230. The maximum absolute atomic E-state index is 12.6. The Morgan fingerprint density at radius 2 is 2.07 bits per heavy atom. The SMILES string of the molecule is O=C(NCCCn1ccnc1)c1cc(-c2ccco2)n(-c2ccc(Cl)cc2)n1. The summed E-state index contributed by atoms with van der Waals surface area (Å²) < 4.78 is 9.16. The first-order valence-corrected chi connectivity index (χ1v) is 9.22. The third-order valence-electron chi connectivity index (χ3n) is 4.22. The monoisotopic (exact) mass is 395 g/mol. The molecule has 0 saturated carbocycles. The first kappa shape index (κ1) is 18.1. The zero-order valence-corrected chi connectivity index (χ0v) is 15.7. The quantitative estimate of drug-likeness (QED) is 0.483. The third-order valence-corrected chi connectivity index (χ3v) is 4.48. The van der Waals surface area contributed by atoms with Crippen molar-refractivity contribution in [2.24, 2.45) is 0 Å². The molecule has 8 heteroatoms. The molecule has 0 spiro atoms. The molecule has 0 bridgehead atoms. The van der Waals surface area contributed by atoms with E-state index in [2.05, 4.69) is 15.4 Å². The fourth-order valence-electron chi connectivity index (χ4n) is 2.84. The molecule has 0 unspecified atom stereocenters. The molecule has 0 fully saturated rings. The van der Waals surface area contributed by atoms with Crippen LogP contribution in [0.1, 0.15) is 16.9 Å². The summed E-state index contributed by atoms with van der Waals surface area (Å²) in [5.41, 5.74) is 1.80.